The third kappa shape index (κ3) is 3.52. The van der Waals surface area contributed by atoms with Crippen molar-refractivity contribution in [1.29, 1.82) is 0 Å². The number of aliphatic carboxylic acids is 1. The van der Waals surface area contributed by atoms with Gasteiger partial charge in [-0.2, -0.15) is 0 Å². The minimum absolute atomic E-state index is 0.193. The van der Waals surface area contributed by atoms with Gasteiger partial charge >= 0.3 is 5.97 Å². The Hall–Kier alpha value is -2.63. The molecule has 116 valence electrons. The first kappa shape index (κ1) is 15.8. The Kier molecular flexibility index (Phi) is 4.93. The Morgan fingerprint density at radius 1 is 1.32 bits per heavy atom. The summed E-state index contributed by atoms with van der Waals surface area (Å²) in [7, 11) is 0. The van der Waals surface area contributed by atoms with Gasteiger partial charge in [-0.1, -0.05) is 42.4 Å². The molecule has 1 aromatic carbocycles. The topological polar surface area (TPSA) is 92.4 Å². The number of carboxylic acid groups (broad SMARTS) is 1. The van der Waals surface area contributed by atoms with Crippen molar-refractivity contribution in [2.45, 2.75) is 32.7 Å². The van der Waals surface area contributed by atoms with Crippen molar-refractivity contribution >= 4 is 11.9 Å². The monoisotopic (exact) mass is 302 g/mol. The molecule has 1 heterocycles. The highest BCUT2D eigenvalue weighted by atomic mass is 16.5. The summed E-state index contributed by atoms with van der Waals surface area (Å²) in [5, 5.41) is 15.7. The van der Waals surface area contributed by atoms with Gasteiger partial charge in [-0.25, -0.2) is 0 Å². The van der Waals surface area contributed by atoms with Crippen LogP contribution in [0.5, 0.6) is 0 Å². The van der Waals surface area contributed by atoms with Crippen molar-refractivity contribution in [3.8, 4) is 0 Å². The summed E-state index contributed by atoms with van der Waals surface area (Å²) in [4.78, 5) is 23.5. The lowest BCUT2D eigenvalue weighted by atomic mass is 10.0. The first-order chi connectivity index (χ1) is 10.5. The Morgan fingerprint density at radius 3 is 2.59 bits per heavy atom. The van der Waals surface area contributed by atoms with Gasteiger partial charge < -0.3 is 14.9 Å². The number of carbonyl (C=O) groups is 2. The number of benzene rings is 1. The maximum Gasteiger partial charge on any atom is 0.305 e. The molecule has 2 N–H and O–H groups in total. The highest BCUT2D eigenvalue weighted by Gasteiger charge is 2.24. The highest BCUT2D eigenvalue weighted by molar-refractivity contribution is 5.96. The van der Waals surface area contributed by atoms with Gasteiger partial charge in [-0.05, 0) is 18.9 Å². The van der Waals surface area contributed by atoms with Crippen LogP contribution in [0.2, 0.25) is 0 Å². The molecule has 6 nitrogen and oxygen atoms in total. The Balaban J connectivity index is 2.25. The second-order valence-electron chi connectivity index (χ2n) is 4.95. The first-order valence-electron chi connectivity index (χ1n) is 7.05. The standard InChI is InChI=1S/C16H18N2O4/c1-3-12-15(10(2)22-18-12)16(21)17-13(9-14(19)20)11-7-5-4-6-8-11/h4-8,13H,3,9H2,1-2H3,(H,17,21)(H,19,20)/t13-/m1/s1. The van der Waals surface area contributed by atoms with Crippen LogP contribution in [0, 0.1) is 6.92 Å². The largest absolute Gasteiger partial charge is 0.481 e. The summed E-state index contributed by atoms with van der Waals surface area (Å²) >= 11 is 0. The number of rotatable bonds is 6. The van der Waals surface area contributed by atoms with E-state index in [4.69, 9.17) is 9.63 Å². The quantitative estimate of drug-likeness (QED) is 0.855. The second kappa shape index (κ2) is 6.89. The lowest BCUT2D eigenvalue weighted by molar-refractivity contribution is -0.137. The fraction of sp³-hybridized carbons (Fsp3) is 0.312. The Labute approximate surface area is 128 Å². The van der Waals surface area contributed by atoms with E-state index in [-0.39, 0.29) is 12.3 Å². The van der Waals surface area contributed by atoms with Gasteiger partial charge in [-0.3, -0.25) is 9.59 Å². The third-order valence-corrected chi connectivity index (χ3v) is 3.38. The molecule has 2 aromatic rings. The molecule has 1 aromatic heterocycles. The van der Waals surface area contributed by atoms with Gasteiger partial charge in [0.15, 0.2) is 0 Å². The van der Waals surface area contributed by atoms with Crippen LogP contribution in [-0.4, -0.2) is 22.1 Å². The number of carbonyl (C=O) groups excluding carboxylic acids is 1. The zero-order valence-corrected chi connectivity index (χ0v) is 12.5. The molecular formula is C16H18N2O4. The molecule has 0 aliphatic rings. The lowest BCUT2D eigenvalue weighted by Crippen LogP contribution is -2.31. The SMILES string of the molecule is CCc1noc(C)c1C(=O)N[C@H](CC(=O)O)c1ccccc1. The van der Waals surface area contributed by atoms with Crippen molar-refractivity contribution in [2.75, 3.05) is 0 Å². The van der Waals surface area contributed by atoms with Crippen LogP contribution in [0.4, 0.5) is 0 Å². The smallest absolute Gasteiger partial charge is 0.305 e. The molecule has 0 saturated heterocycles. The van der Waals surface area contributed by atoms with E-state index in [0.29, 0.717) is 23.4 Å². The molecule has 0 radical (unpaired) electrons. The molecule has 0 bridgehead atoms. The van der Waals surface area contributed by atoms with Gasteiger partial charge in [0.05, 0.1) is 18.2 Å². The highest BCUT2D eigenvalue weighted by Crippen LogP contribution is 2.20. The van der Waals surface area contributed by atoms with Crippen LogP contribution in [-0.2, 0) is 11.2 Å². The van der Waals surface area contributed by atoms with Gasteiger partial charge in [-0.15, -0.1) is 0 Å². The van der Waals surface area contributed by atoms with E-state index in [2.05, 4.69) is 10.5 Å². The van der Waals surface area contributed by atoms with Crippen LogP contribution in [0.1, 0.15) is 46.8 Å². The van der Waals surface area contributed by atoms with Crippen molar-refractivity contribution in [3.05, 3.63) is 52.9 Å². The fourth-order valence-electron chi connectivity index (χ4n) is 2.29. The minimum Gasteiger partial charge on any atom is -0.481 e. The molecule has 0 spiro atoms. The number of aryl methyl sites for hydroxylation is 2. The maximum absolute atomic E-state index is 12.5. The van der Waals surface area contributed by atoms with E-state index in [9.17, 15) is 9.59 Å². The van der Waals surface area contributed by atoms with Crippen LogP contribution in [0.15, 0.2) is 34.9 Å². The molecule has 22 heavy (non-hydrogen) atoms. The zero-order valence-electron chi connectivity index (χ0n) is 12.5. The van der Waals surface area contributed by atoms with Crippen molar-refractivity contribution in [3.63, 3.8) is 0 Å². The average Bonchev–Trinajstić information content (AvgIpc) is 2.88. The summed E-state index contributed by atoms with van der Waals surface area (Å²) in [5.41, 5.74) is 1.69. The molecule has 0 aliphatic carbocycles. The van der Waals surface area contributed by atoms with Gasteiger partial charge in [0.25, 0.3) is 5.91 Å². The Bertz CT molecular complexity index is 664. The van der Waals surface area contributed by atoms with E-state index in [1.54, 1.807) is 31.2 Å². The van der Waals surface area contributed by atoms with Crippen molar-refractivity contribution < 1.29 is 19.2 Å². The van der Waals surface area contributed by atoms with Crippen LogP contribution in [0.3, 0.4) is 0 Å². The molecule has 0 unspecified atom stereocenters. The maximum atomic E-state index is 12.5. The average molecular weight is 302 g/mol. The number of nitrogens with one attached hydrogen (secondary N) is 1. The van der Waals surface area contributed by atoms with E-state index in [1.807, 2.05) is 13.0 Å². The predicted molar refractivity (Wildman–Crippen MR) is 79.5 cm³/mol. The normalized spacial score (nSPS) is 11.9. The number of hydrogen-bond acceptors (Lipinski definition) is 4. The minimum atomic E-state index is -0.980. The second-order valence-corrected chi connectivity index (χ2v) is 4.95. The van der Waals surface area contributed by atoms with Gasteiger partial charge in [0.2, 0.25) is 0 Å². The summed E-state index contributed by atoms with van der Waals surface area (Å²) in [6.45, 7) is 3.54. The molecule has 0 fully saturated rings. The van der Waals surface area contributed by atoms with Crippen molar-refractivity contribution in [1.82, 2.24) is 10.5 Å². The molecule has 0 saturated carbocycles. The number of amides is 1. The van der Waals surface area contributed by atoms with E-state index in [0.717, 1.165) is 5.56 Å². The predicted octanol–water partition coefficient (Wildman–Crippen LogP) is 2.49. The van der Waals surface area contributed by atoms with Crippen molar-refractivity contribution in [2.24, 2.45) is 0 Å². The molecule has 0 aliphatic heterocycles. The lowest BCUT2D eigenvalue weighted by Gasteiger charge is -2.17. The zero-order chi connectivity index (χ0) is 16.1. The summed E-state index contributed by atoms with van der Waals surface area (Å²) in [5.74, 6) is -0.922. The molecule has 1 amide bonds. The molecule has 2 rings (SSSR count). The fourth-order valence-corrected chi connectivity index (χ4v) is 2.29. The number of carboxylic acids is 1. The molecule has 6 heteroatoms. The van der Waals surface area contributed by atoms with Crippen LogP contribution in [0.25, 0.3) is 0 Å². The van der Waals surface area contributed by atoms with E-state index < -0.39 is 12.0 Å². The summed E-state index contributed by atoms with van der Waals surface area (Å²) < 4.78 is 5.05. The molecule has 1 atom stereocenters. The first-order valence-corrected chi connectivity index (χ1v) is 7.05. The van der Waals surface area contributed by atoms with Crippen LogP contribution >= 0.6 is 0 Å². The summed E-state index contributed by atoms with van der Waals surface area (Å²) in [6.07, 6.45) is 0.372. The molecular weight excluding hydrogens is 284 g/mol. The third-order valence-electron chi connectivity index (χ3n) is 3.38. The van der Waals surface area contributed by atoms with E-state index in [1.165, 1.54) is 0 Å². The Morgan fingerprint density at radius 2 is 2.00 bits per heavy atom. The van der Waals surface area contributed by atoms with E-state index >= 15 is 0 Å². The van der Waals surface area contributed by atoms with Gasteiger partial charge in [0, 0.05) is 0 Å². The summed E-state index contributed by atoms with van der Waals surface area (Å²) in [6, 6.07) is 8.41. The van der Waals surface area contributed by atoms with Gasteiger partial charge in [0.1, 0.15) is 11.3 Å². The van der Waals surface area contributed by atoms with Crippen LogP contribution < -0.4 is 5.32 Å². The number of hydrogen-bond donors (Lipinski definition) is 2. The number of aromatic nitrogens is 1. The number of nitrogens with zero attached hydrogens (tertiary/aromatic N) is 1.